The lowest BCUT2D eigenvalue weighted by atomic mass is 10.1. The van der Waals surface area contributed by atoms with E-state index in [1.54, 1.807) is 12.1 Å². The van der Waals surface area contributed by atoms with E-state index in [0.717, 1.165) is 23.9 Å². The van der Waals surface area contributed by atoms with Crippen LogP contribution in [0.25, 0.3) is 0 Å². The van der Waals surface area contributed by atoms with Crippen LogP contribution in [0, 0.1) is 5.92 Å². The molecular weight excluding hydrogens is 314 g/mol. The molecule has 0 bridgehead atoms. The number of rotatable bonds is 4. The lowest BCUT2D eigenvalue weighted by molar-refractivity contribution is 0.0722. The number of carbonyl (C=O) groups excluding carboxylic acids is 1. The molecule has 0 N–H and O–H groups in total. The van der Waals surface area contributed by atoms with Gasteiger partial charge in [0.05, 0.1) is 10.6 Å². The summed E-state index contributed by atoms with van der Waals surface area (Å²) < 4.78 is 0.885. The highest BCUT2D eigenvalue weighted by Gasteiger charge is 2.33. The molecule has 0 atom stereocenters. The molecule has 18 heavy (non-hydrogen) atoms. The van der Waals surface area contributed by atoms with E-state index < -0.39 is 0 Å². The highest BCUT2D eigenvalue weighted by atomic mass is 79.9. The fourth-order valence-electron chi connectivity index (χ4n) is 1.99. The summed E-state index contributed by atoms with van der Waals surface area (Å²) in [5, 5.41) is 0.526. The maximum atomic E-state index is 12.6. The molecule has 4 heteroatoms. The van der Waals surface area contributed by atoms with Crippen LogP contribution >= 0.6 is 27.5 Å². The van der Waals surface area contributed by atoms with Crippen LogP contribution in [-0.4, -0.2) is 23.4 Å². The third-order valence-electron chi connectivity index (χ3n) is 2.97. The van der Waals surface area contributed by atoms with Crippen molar-refractivity contribution < 1.29 is 4.79 Å². The van der Waals surface area contributed by atoms with Crippen molar-refractivity contribution in [3.8, 4) is 0 Å². The Morgan fingerprint density at radius 2 is 2.17 bits per heavy atom. The molecule has 2 rings (SSSR count). The molecule has 0 saturated heterocycles. The number of amides is 1. The van der Waals surface area contributed by atoms with Gasteiger partial charge in [-0.1, -0.05) is 41.4 Å². The van der Waals surface area contributed by atoms with Crippen molar-refractivity contribution in [1.29, 1.82) is 0 Å². The molecule has 1 aromatic rings. The second kappa shape index (κ2) is 5.62. The quantitative estimate of drug-likeness (QED) is 0.803. The molecule has 1 aliphatic carbocycles. The van der Waals surface area contributed by atoms with Crippen molar-refractivity contribution >= 4 is 33.4 Å². The first-order valence-electron chi connectivity index (χ1n) is 6.25. The third-order valence-corrected chi connectivity index (χ3v) is 3.79. The highest BCUT2D eigenvalue weighted by molar-refractivity contribution is 9.10. The van der Waals surface area contributed by atoms with Gasteiger partial charge >= 0.3 is 0 Å². The molecule has 1 aromatic carbocycles. The lowest BCUT2D eigenvalue weighted by Crippen LogP contribution is -2.36. The number of hydrogen-bond acceptors (Lipinski definition) is 1. The van der Waals surface area contributed by atoms with Crippen LogP contribution in [0.15, 0.2) is 22.7 Å². The summed E-state index contributed by atoms with van der Waals surface area (Å²) in [6.07, 6.45) is 2.23. The molecule has 0 unspecified atom stereocenters. The molecule has 0 radical (unpaired) electrons. The smallest absolute Gasteiger partial charge is 0.255 e. The van der Waals surface area contributed by atoms with Gasteiger partial charge in [-0.25, -0.2) is 0 Å². The van der Waals surface area contributed by atoms with Gasteiger partial charge in [0.25, 0.3) is 5.91 Å². The Bertz CT molecular complexity index is 457. The van der Waals surface area contributed by atoms with Gasteiger partial charge < -0.3 is 4.90 Å². The summed E-state index contributed by atoms with van der Waals surface area (Å²) in [6.45, 7) is 5.06. The topological polar surface area (TPSA) is 20.3 Å². The Kier molecular flexibility index (Phi) is 4.33. The Morgan fingerprint density at radius 3 is 2.72 bits per heavy atom. The molecule has 0 aliphatic heterocycles. The minimum Gasteiger partial charge on any atom is -0.335 e. The summed E-state index contributed by atoms with van der Waals surface area (Å²) in [4.78, 5) is 14.5. The van der Waals surface area contributed by atoms with Gasteiger partial charge in [-0.3, -0.25) is 4.79 Å². The van der Waals surface area contributed by atoms with E-state index in [2.05, 4.69) is 29.8 Å². The van der Waals surface area contributed by atoms with Crippen LogP contribution in [0.2, 0.25) is 5.02 Å². The van der Waals surface area contributed by atoms with Gasteiger partial charge in [-0.05, 0) is 37.0 Å². The van der Waals surface area contributed by atoms with E-state index in [0.29, 0.717) is 22.5 Å². The monoisotopic (exact) mass is 329 g/mol. The standard InChI is InChI=1S/C14H17BrClNO/c1-9(2)8-17(11-4-5-11)14(18)12-7-10(15)3-6-13(12)16/h3,6-7,9,11H,4-5,8H2,1-2H3. The van der Waals surface area contributed by atoms with Crippen molar-refractivity contribution in [3.05, 3.63) is 33.3 Å². The number of nitrogens with zero attached hydrogens (tertiary/aromatic N) is 1. The molecular formula is C14H17BrClNO. The van der Waals surface area contributed by atoms with Crippen molar-refractivity contribution in [2.75, 3.05) is 6.54 Å². The van der Waals surface area contributed by atoms with Gasteiger partial charge in [0.1, 0.15) is 0 Å². The fraction of sp³-hybridized carbons (Fsp3) is 0.500. The van der Waals surface area contributed by atoms with Gasteiger partial charge in [-0.2, -0.15) is 0 Å². The largest absolute Gasteiger partial charge is 0.335 e. The predicted octanol–water partition coefficient (Wildman–Crippen LogP) is 4.36. The van der Waals surface area contributed by atoms with Crippen molar-refractivity contribution in [3.63, 3.8) is 0 Å². The second-order valence-electron chi connectivity index (χ2n) is 5.21. The van der Waals surface area contributed by atoms with Crippen molar-refractivity contribution in [2.45, 2.75) is 32.7 Å². The normalized spacial score (nSPS) is 14.9. The zero-order chi connectivity index (χ0) is 13.3. The molecule has 98 valence electrons. The minimum absolute atomic E-state index is 0.0532. The summed E-state index contributed by atoms with van der Waals surface area (Å²) >= 11 is 9.52. The molecule has 1 saturated carbocycles. The van der Waals surface area contributed by atoms with E-state index in [4.69, 9.17) is 11.6 Å². The lowest BCUT2D eigenvalue weighted by Gasteiger charge is -2.25. The van der Waals surface area contributed by atoms with Crippen LogP contribution in [0.5, 0.6) is 0 Å². The molecule has 0 spiro atoms. The Balaban J connectivity index is 2.24. The van der Waals surface area contributed by atoms with Crippen molar-refractivity contribution in [2.24, 2.45) is 5.92 Å². The minimum atomic E-state index is 0.0532. The number of hydrogen-bond donors (Lipinski definition) is 0. The number of carbonyl (C=O) groups is 1. The summed E-state index contributed by atoms with van der Waals surface area (Å²) in [6, 6.07) is 5.83. The average molecular weight is 331 g/mol. The summed E-state index contributed by atoms with van der Waals surface area (Å²) in [7, 11) is 0. The SMILES string of the molecule is CC(C)CN(C(=O)c1cc(Br)ccc1Cl)C1CC1. The van der Waals surface area contributed by atoms with Gasteiger partial charge in [0, 0.05) is 17.1 Å². The number of halogens is 2. The van der Waals surface area contributed by atoms with Crippen LogP contribution in [0.4, 0.5) is 0 Å². The van der Waals surface area contributed by atoms with E-state index >= 15 is 0 Å². The Morgan fingerprint density at radius 1 is 1.50 bits per heavy atom. The zero-order valence-corrected chi connectivity index (χ0v) is 13.0. The highest BCUT2D eigenvalue weighted by Crippen LogP contribution is 2.31. The summed E-state index contributed by atoms with van der Waals surface area (Å²) in [5.74, 6) is 0.526. The Labute approximate surface area is 121 Å². The van der Waals surface area contributed by atoms with Crippen LogP contribution < -0.4 is 0 Å². The van der Waals surface area contributed by atoms with Crippen LogP contribution in [-0.2, 0) is 0 Å². The van der Waals surface area contributed by atoms with Crippen molar-refractivity contribution in [1.82, 2.24) is 4.90 Å². The van der Waals surface area contributed by atoms with Gasteiger partial charge in [0.2, 0.25) is 0 Å². The fourth-order valence-corrected chi connectivity index (χ4v) is 2.55. The Hall–Kier alpha value is -0.540. The first kappa shape index (κ1) is 13.9. The first-order valence-corrected chi connectivity index (χ1v) is 7.42. The molecule has 2 nitrogen and oxygen atoms in total. The number of benzene rings is 1. The van der Waals surface area contributed by atoms with E-state index in [1.165, 1.54) is 0 Å². The maximum absolute atomic E-state index is 12.6. The molecule has 0 aromatic heterocycles. The molecule has 0 heterocycles. The maximum Gasteiger partial charge on any atom is 0.255 e. The van der Waals surface area contributed by atoms with Crippen LogP contribution in [0.3, 0.4) is 0 Å². The van der Waals surface area contributed by atoms with E-state index in [1.807, 2.05) is 11.0 Å². The van der Waals surface area contributed by atoms with Gasteiger partial charge in [0.15, 0.2) is 0 Å². The molecule has 1 amide bonds. The molecule has 1 fully saturated rings. The average Bonchev–Trinajstić information content (AvgIpc) is 3.12. The molecule has 1 aliphatic rings. The van der Waals surface area contributed by atoms with Crippen LogP contribution in [0.1, 0.15) is 37.0 Å². The zero-order valence-electron chi connectivity index (χ0n) is 10.6. The van der Waals surface area contributed by atoms with E-state index in [9.17, 15) is 4.79 Å². The first-order chi connectivity index (χ1) is 8.49. The van der Waals surface area contributed by atoms with Gasteiger partial charge in [-0.15, -0.1) is 0 Å². The van der Waals surface area contributed by atoms with E-state index in [-0.39, 0.29) is 5.91 Å². The third kappa shape index (κ3) is 3.27. The summed E-state index contributed by atoms with van der Waals surface area (Å²) in [5.41, 5.74) is 0.596. The predicted molar refractivity (Wildman–Crippen MR) is 78.0 cm³/mol. The second-order valence-corrected chi connectivity index (χ2v) is 6.53.